The Morgan fingerprint density at radius 2 is 1.82 bits per heavy atom. The average Bonchev–Trinajstić information content (AvgIpc) is 3.32. The van der Waals surface area contributed by atoms with Crippen LogP contribution in [-0.4, -0.2) is 60.1 Å². The zero-order chi connectivity index (χ0) is 22.8. The molecule has 0 aliphatic carbocycles. The maximum absolute atomic E-state index is 5.39. The molecule has 2 aromatic carbocycles. The Morgan fingerprint density at radius 3 is 2.58 bits per heavy atom. The van der Waals surface area contributed by atoms with Gasteiger partial charge in [-0.1, -0.05) is 12.1 Å². The van der Waals surface area contributed by atoms with Gasteiger partial charge < -0.3 is 25.0 Å². The van der Waals surface area contributed by atoms with E-state index in [1.807, 2.05) is 48.5 Å². The highest BCUT2D eigenvalue weighted by atomic mass is 16.5. The molecule has 0 unspecified atom stereocenters. The SMILES string of the molecule is COc1cc(OC)cc(-c2cc(Nc3nc(N4CCNC[C@H]4C)nc4ccccc34)n[nH]2)c1. The van der Waals surface area contributed by atoms with Crippen LogP contribution in [0.1, 0.15) is 6.92 Å². The second kappa shape index (κ2) is 8.95. The third kappa shape index (κ3) is 4.27. The molecule has 9 nitrogen and oxygen atoms in total. The Kier molecular flexibility index (Phi) is 5.70. The van der Waals surface area contributed by atoms with E-state index in [4.69, 9.17) is 19.4 Å². The van der Waals surface area contributed by atoms with E-state index in [-0.39, 0.29) is 0 Å². The summed E-state index contributed by atoms with van der Waals surface area (Å²) in [5, 5.41) is 15.3. The van der Waals surface area contributed by atoms with Gasteiger partial charge in [-0.25, -0.2) is 4.98 Å². The minimum Gasteiger partial charge on any atom is -0.497 e. The highest BCUT2D eigenvalue weighted by Gasteiger charge is 2.22. The predicted molar refractivity (Wildman–Crippen MR) is 130 cm³/mol. The molecule has 0 amide bonds. The molecule has 1 aliphatic heterocycles. The van der Waals surface area contributed by atoms with Gasteiger partial charge in [0, 0.05) is 48.8 Å². The van der Waals surface area contributed by atoms with Crippen molar-refractivity contribution in [1.29, 1.82) is 0 Å². The number of methoxy groups -OCH3 is 2. The van der Waals surface area contributed by atoms with Crippen molar-refractivity contribution in [2.45, 2.75) is 13.0 Å². The van der Waals surface area contributed by atoms with E-state index < -0.39 is 0 Å². The van der Waals surface area contributed by atoms with Crippen LogP contribution in [0.4, 0.5) is 17.6 Å². The summed E-state index contributed by atoms with van der Waals surface area (Å²) in [5.74, 6) is 3.53. The first kappa shape index (κ1) is 21.0. The van der Waals surface area contributed by atoms with E-state index in [1.165, 1.54) is 0 Å². The summed E-state index contributed by atoms with van der Waals surface area (Å²) in [7, 11) is 3.27. The molecular weight excluding hydrogens is 418 g/mol. The number of fused-ring (bicyclic) bond motifs is 1. The second-order valence-electron chi connectivity index (χ2n) is 8.03. The van der Waals surface area contributed by atoms with Gasteiger partial charge in [0.15, 0.2) is 5.82 Å². The molecule has 9 heteroatoms. The predicted octanol–water partition coefficient (Wildman–Crippen LogP) is 3.58. The van der Waals surface area contributed by atoms with Crippen LogP contribution in [0.5, 0.6) is 11.5 Å². The lowest BCUT2D eigenvalue weighted by Crippen LogP contribution is -2.50. The van der Waals surface area contributed by atoms with E-state index in [2.05, 4.69) is 32.7 Å². The standard InChI is InChI=1S/C24H27N7O2/c1-15-14-25-8-9-31(15)24-26-20-7-5-4-6-19(20)23(28-24)27-22-13-21(29-30-22)16-10-17(32-2)12-18(11-16)33-3/h4-7,10-13,15,25H,8-9,14H2,1-3H3,(H2,26,27,28,29,30)/t15-/m1/s1. The van der Waals surface area contributed by atoms with Gasteiger partial charge in [-0.3, -0.25) is 5.10 Å². The number of nitrogens with one attached hydrogen (secondary N) is 3. The Balaban J connectivity index is 1.49. The lowest BCUT2D eigenvalue weighted by atomic mass is 10.1. The largest absolute Gasteiger partial charge is 0.497 e. The van der Waals surface area contributed by atoms with Crippen LogP contribution >= 0.6 is 0 Å². The first-order chi connectivity index (χ1) is 16.1. The molecule has 1 fully saturated rings. The van der Waals surface area contributed by atoms with Crippen LogP contribution in [0.2, 0.25) is 0 Å². The van der Waals surface area contributed by atoms with Crippen molar-refractivity contribution in [3.63, 3.8) is 0 Å². The third-order valence-corrected chi connectivity index (χ3v) is 5.84. The van der Waals surface area contributed by atoms with Gasteiger partial charge in [-0.2, -0.15) is 10.1 Å². The highest BCUT2D eigenvalue weighted by molar-refractivity contribution is 5.91. The maximum Gasteiger partial charge on any atom is 0.228 e. The molecule has 4 aromatic rings. The smallest absolute Gasteiger partial charge is 0.228 e. The van der Waals surface area contributed by atoms with Gasteiger partial charge in [0.05, 0.1) is 25.4 Å². The summed E-state index contributed by atoms with van der Waals surface area (Å²) in [6, 6.07) is 16.0. The fourth-order valence-corrected chi connectivity index (χ4v) is 4.04. The van der Waals surface area contributed by atoms with E-state index in [0.29, 0.717) is 23.4 Å². The number of para-hydroxylation sites is 1. The van der Waals surface area contributed by atoms with Crippen LogP contribution < -0.4 is 25.0 Å². The minimum atomic E-state index is 0.313. The number of anilines is 3. The molecule has 1 aliphatic rings. The second-order valence-corrected chi connectivity index (χ2v) is 8.03. The van der Waals surface area contributed by atoms with E-state index in [1.54, 1.807) is 14.2 Å². The van der Waals surface area contributed by atoms with Crippen molar-refractivity contribution >= 4 is 28.5 Å². The maximum atomic E-state index is 5.39. The van der Waals surface area contributed by atoms with Crippen LogP contribution in [0, 0.1) is 0 Å². The summed E-state index contributed by atoms with van der Waals surface area (Å²) < 4.78 is 10.8. The number of nitrogens with zero attached hydrogens (tertiary/aromatic N) is 4. The molecule has 170 valence electrons. The fourth-order valence-electron chi connectivity index (χ4n) is 4.04. The number of hydrogen-bond donors (Lipinski definition) is 3. The van der Waals surface area contributed by atoms with Crippen LogP contribution in [0.3, 0.4) is 0 Å². The van der Waals surface area contributed by atoms with Gasteiger partial charge in [-0.05, 0) is 31.2 Å². The summed E-state index contributed by atoms with van der Waals surface area (Å²) in [4.78, 5) is 12.0. The van der Waals surface area contributed by atoms with Crippen molar-refractivity contribution in [2.24, 2.45) is 0 Å². The monoisotopic (exact) mass is 445 g/mol. The molecule has 5 rings (SSSR count). The van der Waals surface area contributed by atoms with E-state index in [9.17, 15) is 0 Å². The van der Waals surface area contributed by atoms with Crippen molar-refractivity contribution < 1.29 is 9.47 Å². The molecule has 33 heavy (non-hydrogen) atoms. The Morgan fingerprint density at radius 1 is 1.03 bits per heavy atom. The number of ether oxygens (including phenoxy) is 2. The molecular formula is C24H27N7O2. The highest BCUT2D eigenvalue weighted by Crippen LogP contribution is 2.31. The van der Waals surface area contributed by atoms with Crippen LogP contribution in [-0.2, 0) is 0 Å². The molecule has 0 bridgehead atoms. The average molecular weight is 446 g/mol. The number of hydrogen-bond acceptors (Lipinski definition) is 8. The molecule has 0 radical (unpaired) electrons. The van der Waals surface area contributed by atoms with Gasteiger partial charge in [0.25, 0.3) is 0 Å². The minimum absolute atomic E-state index is 0.313. The Bertz CT molecular complexity index is 1250. The number of benzene rings is 2. The number of aromatic nitrogens is 4. The van der Waals surface area contributed by atoms with Crippen molar-refractivity contribution in [3.8, 4) is 22.8 Å². The molecule has 3 N–H and O–H groups in total. The molecule has 0 spiro atoms. The normalized spacial score (nSPS) is 16.1. The molecule has 2 aromatic heterocycles. The topological polar surface area (TPSA) is 100 Å². The number of H-pyrrole nitrogens is 1. The molecule has 3 heterocycles. The zero-order valence-electron chi connectivity index (χ0n) is 18.9. The summed E-state index contributed by atoms with van der Waals surface area (Å²) in [5.41, 5.74) is 2.64. The Hall–Kier alpha value is -3.85. The number of rotatable bonds is 6. The van der Waals surface area contributed by atoms with Gasteiger partial charge in [-0.15, -0.1) is 0 Å². The Labute approximate surface area is 192 Å². The van der Waals surface area contributed by atoms with Crippen molar-refractivity contribution in [3.05, 3.63) is 48.5 Å². The van der Waals surface area contributed by atoms with E-state index >= 15 is 0 Å². The molecule has 0 saturated carbocycles. The van der Waals surface area contributed by atoms with Gasteiger partial charge in [0.1, 0.15) is 17.3 Å². The third-order valence-electron chi connectivity index (χ3n) is 5.84. The lowest BCUT2D eigenvalue weighted by Gasteiger charge is -2.34. The fraction of sp³-hybridized carbons (Fsp3) is 0.292. The van der Waals surface area contributed by atoms with E-state index in [0.717, 1.165) is 53.6 Å². The molecule has 1 saturated heterocycles. The summed E-state index contributed by atoms with van der Waals surface area (Å²) in [6.45, 7) is 4.87. The summed E-state index contributed by atoms with van der Waals surface area (Å²) in [6.07, 6.45) is 0. The first-order valence-corrected chi connectivity index (χ1v) is 10.9. The van der Waals surface area contributed by atoms with Gasteiger partial charge in [0.2, 0.25) is 5.95 Å². The quantitative estimate of drug-likeness (QED) is 0.414. The van der Waals surface area contributed by atoms with Crippen molar-refractivity contribution in [1.82, 2.24) is 25.5 Å². The first-order valence-electron chi connectivity index (χ1n) is 10.9. The zero-order valence-corrected chi connectivity index (χ0v) is 18.9. The van der Waals surface area contributed by atoms with Crippen LogP contribution in [0.15, 0.2) is 48.5 Å². The number of piperazine rings is 1. The molecule has 1 atom stereocenters. The summed E-state index contributed by atoms with van der Waals surface area (Å²) >= 11 is 0. The van der Waals surface area contributed by atoms with Crippen LogP contribution in [0.25, 0.3) is 22.2 Å². The number of aromatic amines is 1. The van der Waals surface area contributed by atoms with Gasteiger partial charge >= 0.3 is 0 Å². The lowest BCUT2D eigenvalue weighted by molar-refractivity contribution is 0.394. The van der Waals surface area contributed by atoms with Crippen molar-refractivity contribution in [2.75, 3.05) is 44.1 Å².